The van der Waals surface area contributed by atoms with Gasteiger partial charge in [0.15, 0.2) is 23.2 Å². The van der Waals surface area contributed by atoms with Crippen molar-refractivity contribution in [2.45, 2.75) is 13.8 Å². The minimum absolute atomic E-state index is 0.103. The lowest BCUT2D eigenvalue weighted by Crippen LogP contribution is -2.20. The van der Waals surface area contributed by atoms with Crippen molar-refractivity contribution in [1.29, 1.82) is 0 Å². The number of hydrogen-bond acceptors (Lipinski definition) is 5. The molecule has 124 valence electrons. The molecule has 0 radical (unpaired) electrons. The first-order chi connectivity index (χ1) is 11.6. The summed E-state index contributed by atoms with van der Waals surface area (Å²) in [6.07, 6.45) is 0. The number of para-hydroxylation sites is 2. The Labute approximate surface area is 144 Å². The van der Waals surface area contributed by atoms with Crippen molar-refractivity contribution in [2.75, 3.05) is 19.0 Å². The van der Waals surface area contributed by atoms with E-state index in [0.29, 0.717) is 16.6 Å². The number of fused-ring (bicyclic) bond motifs is 1. The Morgan fingerprint density at radius 2 is 1.88 bits per heavy atom. The fourth-order valence-corrected chi connectivity index (χ4v) is 3.23. The van der Waals surface area contributed by atoms with Crippen LogP contribution >= 0.6 is 11.3 Å². The highest BCUT2D eigenvalue weighted by Gasteiger charge is 2.11. The molecule has 0 aliphatic carbocycles. The van der Waals surface area contributed by atoms with E-state index in [1.165, 1.54) is 22.5 Å². The van der Waals surface area contributed by atoms with E-state index < -0.39 is 0 Å². The predicted molar refractivity (Wildman–Crippen MR) is 96.2 cm³/mol. The number of rotatable bonds is 5. The second-order valence-corrected chi connectivity index (χ2v) is 6.44. The van der Waals surface area contributed by atoms with E-state index >= 15 is 0 Å². The number of ether oxygens (including phenoxy) is 2. The van der Waals surface area contributed by atoms with E-state index in [0.717, 1.165) is 10.2 Å². The van der Waals surface area contributed by atoms with E-state index in [1.807, 2.05) is 25.1 Å². The molecular weight excluding hydrogens is 324 g/mol. The summed E-state index contributed by atoms with van der Waals surface area (Å²) in [4.78, 5) is 16.5. The number of amides is 1. The van der Waals surface area contributed by atoms with E-state index in [9.17, 15) is 4.79 Å². The third kappa shape index (κ3) is 3.49. The molecule has 1 amide bonds. The van der Waals surface area contributed by atoms with Crippen LogP contribution in [0.4, 0.5) is 5.13 Å². The Morgan fingerprint density at radius 1 is 1.17 bits per heavy atom. The van der Waals surface area contributed by atoms with Gasteiger partial charge in [0.1, 0.15) is 0 Å². The van der Waals surface area contributed by atoms with Gasteiger partial charge in [0.2, 0.25) is 0 Å². The van der Waals surface area contributed by atoms with Gasteiger partial charge >= 0.3 is 0 Å². The maximum atomic E-state index is 12.1. The quantitative estimate of drug-likeness (QED) is 0.763. The zero-order chi connectivity index (χ0) is 17.1. The predicted octanol–water partition coefficient (Wildman–Crippen LogP) is 3.94. The minimum atomic E-state index is -0.256. The van der Waals surface area contributed by atoms with Gasteiger partial charge in [-0.15, -0.1) is 0 Å². The second kappa shape index (κ2) is 6.88. The van der Waals surface area contributed by atoms with Crippen molar-refractivity contribution in [1.82, 2.24) is 4.98 Å². The van der Waals surface area contributed by atoms with Crippen LogP contribution in [0.5, 0.6) is 11.5 Å². The maximum absolute atomic E-state index is 12.1. The normalized spacial score (nSPS) is 10.6. The van der Waals surface area contributed by atoms with Gasteiger partial charge in [0.05, 0.1) is 17.3 Å². The summed E-state index contributed by atoms with van der Waals surface area (Å²) in [5.41, 5.74) is 3.29. The number of nitrogens with one attached hydrogen (secondary N) is 1. The first-order valence-corrected chi connectivity index (χ1v) is 8.32. The summed E-state index contributed by atoms with van der Waals surface area (Å²) >= 11 is 1.45. The fraction of sp³-hybridized carbons (Fsp3) is 0.222. The van der Waals surface area contributed by atoms with Crippen LogP contribution in [0.2, 0.25) is 0 Å². The molecule has 0 bridgehead atoms. The van der Waals surface area contributed by atoms with Crippen molar-refractivity contribution in [3.63, 3.8) is 0 Å². The Kier molecular flexibility index (Phi) is 4.66. The Balaban J connectivity index is 1.66. The van der Waals surface area contributed by atoms with Crippen molar-refractivity contribution >= 4 is 32.6 Å². The smallest absolute Gasteiger partial charge is 0.264 e. The first-order valence-electron chi connectivity index (χ1n) is 7.50. The van der Waals surface area contributed by atoms with Crippen molar-refractivity contribution in [3.8, 4) is 11.5 Å². The van der Waals surface area contributed by atoms with Gasteiger partial charge in [0.25, 0.3) is 5.91 Å². The lowest BCUT2D eigenvalue weighted by atomic mass is 10.1. The minimum Gasteiger partial charge on any atom is -0.493 e. The SMILES string of the molecule is COc1ccccc1OCC(=O)Nc1nc2cc(C)c(C)cc2s1. The molecule has 0 aliphatic rings. The zero-order valence-corrected chi connectivity index (χ0v) is 14.6. The number of thiazole rings is 1. The molecular formula is C18H18N2O3S. The third-order valence-electron chi connectivity index (χ3n) is 3.68. The molecule has 0 spiro atoms. The topological polar surface area (TPSA) is 60.5 Å². The van der Waals surface area contributed by atoms with Crippen LogP contribution in [-0.4, -0.2) is 24.6 Å². The molecule has 5 nitrogen and oxygen atoms in total. The van der Waals surface area contributed by atoms with E-state index in [2.05, 4.69) is 23.3 Å². The van der Waals surface area contributed by atoms with Crippen LogP contribution < -0.4 is 14.8 Å². The number of nitrogens with zero attached hydrogens (tertiary/aromatic N) is 1. The second-order valence-electron chi connectivity index (χ2n) is 5.41. The summed E-state index contributed by atoms with van der Waals surface area (Å²) < 4.78 is 11.8. The summed E-state index contributed by atoms with van der Waals surface area (Å²) in [5, 5.41) is 3.35. The number of methoxy groups -OCH3 is 1. The number of aryl methyl sites for hydroxylation is 2. The summed E-state index contributed by atoms with van der Waals surface area (Å²) in [6, 6.07) is 11.3. The summed E-state index contributed by atoms with van der Waals surface area (Å²) in [6.45, 7) is 4.01. The van der Waals surface area contributed by atoms with Crippen molar-refractivity contribution < 1.29 is 14.3 Å². The van der Waals surface area contributed by atoms with Crippen LogP contribution in [0.25, 0.3) is 10.2 Å². The maximum Gasteiger partial charge on any atom is 0.264 e. The van der Waals surface area contributed by atoms with Crippen LogP contribution in [0.15, 0.2) is 36.4 Å². The molecule has 0 atom stereocenters. The van der Waals surface area contributed by atoms with Gasteiger partial charge in [-0.05, 0) is 49.2 Å². The highest BCUT2D eigenvalue weighted by Crippen LogP contribution is 2.29. The number of benzene rings is 2. The molecule has 24 heavy (non-hydrogen) atoms. The standard InChI is InChI=1S/C18H18N2O3S/c1-11-8-13-16(9-12(11)2)24-18(19-13)20-17(21)10-23-15-7-5-4-6-14(15)22-3/h4-9H,10H2,1-3H3,(H,19,20,21). The Hall–Kier alpha value is -2.60. The van der Waals surface area contributed by atoms with E-state index in [-0.39, 0.29) is 12.5 Å². The Bertz CT molecular complexity index is 850. The number of carbonyl (C=O) groups excluding carboxylic acids is 1. The zero-order valence-electron chi connectivity index (χ0n) is 13.8. The monoisotopic (exact) mass is 342 g/mol. The molecule has 1 N–H and O–H groups in total. The first kappa shape index (κ1) is 16.3. The lowest BCUT2D eigenvalue weighted by Gasteiger charge is -2.09. The molecule has 3 rings (SSSR count). The van der Waals surface area contributed by atoms with Crippen LogP contribution in [-0.2, 0) is 4.79 Å². The largest absolute Gasteiger partial charge is 0.493 e. The number of aromatic nitrogens is 1. The Morgan fingerprint density at radius 3 is 2.62 bits per heavy atom. The molecule has 1 aromatic heterocycles. The van der Waals surface area contributed by atoms with Crippen molar-refractivity contribution in [3.05, 3.63) is 47.5 Å². The molecule has 2 aromatic carbocycles. The van der Waals surface area contributed by atoms with Crippen LogP contribution in [0.1, 0.15) is 11.1 Å². The lowest BCUT2D eigenvalue weighted by molar-refractivity contribution is -0.118. The fourth-order valence-electron chi connectivity index (χ4n) is 2.27. The highest BCUT2D eigenvalue weighted by molar-refractivity contribution is 7.22. The highest BCUT2D eigenvalue weighted by atomic mass is 32.1. The average molecular weight is 342 g/mol. The number of anilines is 1. The molecule has 0 fully saturated rings. The van der Waals surface area contributed by atoms with Gasteiger partial charge in [-0.25, -0.2) is 4.98 Å². The summed E-state index contributed by atoms with van der Waals surface area (Å²) in [7, 11) is 1.56. The molecule has 0 unspecified atom stereocenters. The van der Waals surface area contributed by atoms with Gasteiger partial charge in [-0.1, -0.05) is 23.5 Å². The van der Waals surface area contributed by atoms with Gasteiger partial charge in [0, 0.05) is 0 Å². The number of carbonyl (C=O) groups is 1. The van der Waals surface area contributed by atoms with Gasteiger partial charge < -0.3 is 9.47 Å². The van der Waals surface area contributed by atoms with Gasteiger partial charge in [-0.2, -0.15) is 0 Å². The van der Waals surface area contributed by atoms with E-state index in [1.54, 1.807) is 19.2 Å². The van der Waals surface area contributed by atoms with Crippen molar-refractivity contribution in [2.24, 2.45) is 0 Å². The third-order valence-corrected chi connectivity index (χ3v) is 4.61. The molecule has 0 saturated carbocycles. The average Bonchev–Trinajstić information content (AvgIpc) is 2.94. The molecule has 6 heteroatoms. The summed E-state index contributed by atoms with van der Waals surface area (Å²) in [5.74, 6) is 0.871. The molecule has 0 saturated heterocycles. The van der Waals surface area contributed by atoms with Gasteiger partial charge in [-0.3, -0.25) is 10.1 Å². The van der Waals surface area contributed by atoms with Crippen LogP contribution in [0.3, 0.4) is 0 Å². The molecule has 1 heterocycles. The van der Waals surface area contributed by atoms with Crippen LogP contribution in [0, 0.1) is 13.8 Å². The number of hydrogen-bond donors (Lipinski definition) is 1. The molecule has 3 aromatic rings. The van der Waals surface area contributed by atoms with E-state index in [4.69, 9.17) is 9.47 Å². The molecule has 0 aliphatic heterocycles.